The van der Waals surface area contributed by atoms with Gasteiger partial charge in [0.25, 0.3) is 0 Å². The van der Waals surface area contributed by atoms with Crippen LogP contribution in [0.25, 0.3) is 0 Å². The number of hydrogen-bond donors (Lipinski definition) is 2. The van der Waals surface area contributed by atoms with Crippen molar-refractivity contribution in [3.05, 3.63) is 0 Å². The van der Waals surface area contributed by atoms with E-state index >= 15 is 0 Å². The van der Waals surface area contributed by atoms with E-state index in [1.807, 2.05) is 6.92 Å². The summed E-state index contributed by atoms with van der Waals surface area (Å²) in [5.41, 5.74) is 5.79. The van der Waals surface area contributed by atoms with Crippen molar-refractivity contribution in [1.29, 1.82) is 0 Å². The summed E-state index contributed by atoms with van der Waals surface area (Å²) in [4.78, 5) is 11.8. The van der Waals surface area contributed by atoms with Gasteiger partial charge in [0, 0.05) is 19.1 Å². The summed E-state index contributed by atoms with van der Waals surface area (Å²) in [6.07, 6.45) is 4.18. The van der Waals surface area contributed by atoms with Gasteiger partial charge in [0.1, 0.15) is 0 Å². The Kier molecular flexibility index (Phi) is 6.65. The molecule has 1 heterocycles. The molecule has 4 nitrogen and oxygen atoms in total. The molecule has 3 atom stereocenters. The van der Waals surface area contributed by atoms with Crippen LogP contribution in [-0.4, -0.2) is 31.2 Å². The molecule has 0 aromatic carbocycles. The van der Waals surface area contributed by atoms with Crippen molar-refractivity contribution in [1.82, 2.24) is 5.32 Å². The molecule has 1 aliphatic heterocycles. The van der Waals surface area contributed by atoms with E-state index in [1.165, 1.54) is 0 Å². The molecule has 0 aromatic heterocycles. The topological polar surface area (TPSA) is 64.4 Å². The number of amides is 1. The van der Waals surface area contributed by atoms with Crippen LogP contribution in [0.4, 0.5) is 0 Å². The second kappa shape index (κ2) is 7.74. The van der Waals surface area contributed by atoms with Crippen molar-refractivity contribution >= 4 is 5.91 Å². The van der Waals surface area contributed by atoms with Crippen LogP contribution in [0.3, 0.4) is 0 Å². The SMILES string of the molecule is CCCC(N)C(=O)NCC1CCCOC1C(C)C. The predicted molar refractivity (Wildman–Crippen MR) is 73.2 cm³/mol. The molecule has 0 spiro atoms. The molecule has 1 aliphatic rings. The average Bonchev–Trinajstić information content (AvgIpc) is 2.36. The van der Waals surface area contributed by atoms with Crippen molar-refractivity contribution in [3.63, 3.8) is 0 Å². The van der Waals surface area contributed by atoms with E-state index in [-0.39, 0.29) is 18.1 Å². The fraction of sp³-hybridized carbons (Fsp3) is 0.929. The van der Waals surface area contributed by atoms with E-state index in [4.69, 9.17) is 10.5 Å². The fourth-order valence-electron chi connectivity index (χ4n) is 2.63. The maximum Gasteiger partial charge on any atom is 0.236 e. The van der Waals surface area contributed by atoms with Gasteiger partial charge in [-0.3, -0.25) is 4.79 Å². The first-order valence-corrected chi connectivity index (χ1v) is 7.21. The van der Waals surface area contributed by atoms with Gasteiger partial charge in [0.05, 0.1) is 12.1 Å². The zero-order chi connectivity index (χ0) is 13.5. The molecule has 0 radical (unpaired) electrons. The maximum absolute atomic E-state index is 11.8. The summed E-state index contributed by atoms with van der Waals surface area (Å²) in [7, 11) is 0. The predicted octanol–water partition coefficient (Wildman–Crippen LogP) is 1.68. The van der Waals surface area contributed by atoms with E-state index < -0.39 is 0 Å². The Morgan fingerprint density at radius 2 is 2.22 bits per heavy atom. The van der Waals surface area contributed by atoms with Crippen LogP contribution >= 0.6 is 0 Å². The first-order valence-electron chi connectivity index (χ1n) is 7.21. The zero-order valence-corrected chi connectivity index (χ0v) is 11.9. The van der Waals surface area contributed by atoms with Gasteiger partial charge in [0.15, 0.2) is 0 Å². The minimum Gasteiger partial charge on any atom is -0.378 e. The molecule has 0 aliphatic carbocycles. The number of nitrogens with two attached hydrogens (primary N) is 1. The number of carbonyl (C=O) groups excluding carboxylic acids is 1. The van der Waals surface area contributed by atoms with Crippen LogP contribution in [0.2, 0.25) is 0 Å². The lowest BCUT2D eigenvalue weighted by atomic mass is 9.87. The van der Waals surface area contributed by atoms with E-state index in [1.54, 1.807) is 0 Å². The van der Waals surface area contributed by atoms with Crippen molar-refractivity contribution in [2.45, 2.75) is 58.6 Å². The standard InChI is InChI=1S/C14H28N2O2/c1-4-6-12(15)14(17)16-9-11-7-5-8-18-13(11)10(2)3/h10-13H,4-9,15H2,1-3H3,(H,16,17). The molecule has 3 N–H and O–H groups in total. The average molecular weight is 256 g/mol. The quantitative estimate of drug-likeness (QED) is 0.760. The highest BCUT2D eigenvalue weighted by Crippen LogP contribution is 2.25. The smallest absolute Gasteiger partial charge is 0.236 e. The molecule has 18 heavy (non-hydrogen) atoms. The van der Waals surface area contributed by atoms with Crippen LogP contribution in [-0.2, 0) is 9.53 Å². The highest BCUT2D eigenvalue weighted by atomic mass is 16.5. The molecule has 1 rings (SSSR count). The molecular weight excluding hydrogens is 228 g/mol. The molecule has 1 saturated heterocycles. The molecule has 106 valence electrons. The number of carbonyl (C=O) groups is 1. The Hall–Kier alpha value is -0.610. The van der Waals surface area contributed by atoms with Gasteiger partial charge in [-0.05, 0) is 25.2 Å². The minimum atomic E-state index is -0.364. The highest BCUT2D eigenvalue weighted by Gasteiger charge is 2.29. The Morgan fingerprint density at radius 1 is 1.50 bits per heavy atom. The minimum absolute atomic E-state index is 0.0232. The van der Waals surface area contributed by atoms with Crippen molar-refractivity contribution in [2.24, 2.45) is 17.6 Å². The van der Waals surface area contributed by atoms with Gasteiger partial charge >= 0.3 is 0 Å². The van der Waals surface area contributed by atoms with Crippen molar-refractivity contribution in [2.75, 3.05) is 13.2 Å². The largest absolute Gasteiger partial charge is 0.378 e. The maximum atomic E-state index is 11.8. The summed E-state index contributed by atoms with van der Waals surface area (Å²) in [6.45, 7) is 7.93. The Morgan fingerprint density at radius 3 is 2.83 bits per heavy atom. The molecular formula is C14H28N2O2. The number of nitrogens with one attached hydrogen (secondary N) is 1. The van der Waals surface area contributed by atoms with Gasteiger partial charge in [-0.15, -0.1) is 0 Å². The van der Waals surface area contributed by atoms with E-state index in [2.05, 4.69) is 19.2 Å². The normalized spacial score (nSPS) is 26.1. The molecule has 0 aromatic rings. The van der Waals surface area contributed by atoms with Crippen LogP contribution in [0.5, 0.6) is 0 Å². The monoisotopic (exact) mass is 256 g/mol. The third kappa shape index (κ3) is 4.58. The van der Waals surface area contributed by atoms with Crippen molar-refractivity contribution < 1.29 is 9.53 Å². The lowest BCUT2D eigenvalue weighted by Gasteiger charge is -2.34. The number of ether oxygens (including phenoxy) is 1. The van der Waals surface area contributed by atoms with Crippen LogP contribution in [0, 0.1) is 11.8 Å². The van der Waals surface area contributed by atoms with Crippen LogP contribution < -0.4 is 11.1 Å². The molecule has 0 bridgehead atoms. The summed E-state index contributed by atoms with van der Waals surface area (Å²) < 4.78 is 5.81. The van der Waals surface area contributed by atoms with Gasteiger partial charge in [-0.1, -0.05) is 27.2 Å². The fourth-order valence-corrected chi connectivity index (χ4v) is 2.63. The number of hydrogen-bond acceptors (Lipinski definition) is 3. The molecule has 4 heteroatoms. The van der Waals surface area contributed by atoms with Crippen LogP contribution in [0.15, 0.2) is 0 Å². The lowest BCUT2D eigenvalue weighted by Crippen LogP contribution is -2.46. The molecule has 0 saturated carbocycles. The highest BCUT2D eigenvalue weighted by molar-refractivity contribution is 5.81. The second-order valence-corrected chi connectivity index (χ2v) is 5.62. The first kappa shape index (κ1) is 15.4. The van der Waals surface area contributed by atoms with E-state index in [9.17, 15) is 4.79 Å². The third-order valence-corrected chi connectivity index (χ3v) is 3.63. The lowest BCUT2D eigenvalue weighted by molar-refractivity contribution is -0.123. The van der Waals surface area contributed by atoms with Gasteiger partial charge in [-0.25, -0.2) is 0 Å². The Balaban J connectivity index is 2.38. The molecule has 1 amide bonds. The Bertz CT molecular complexity index is 256. The summed E-state index contributed by atoms with van der Waals surface area (Å²) >= 11 is 0. The van der Waals surface area contributed by atoms with Crippen LogP contribution in [0.1, 0.15) is 46.5 Å². The van der Waals surface area contributed by atoms with Gasteiger partial charge in [-0.2, -0.15) is 0 Å². The summed E-state index contributed by atoms with van der Waals surface area (Å²) in [5.74, 6) is 0.901. The van der Waals surface area contributed by atoms with E-state index in [0.717, 1.165) is 32.3 Å². The zero-order valence-electron chi connectivity index (χ0n) is 11.9. The Labute approximate surface area is 111 Å². The van der Waals surface area contributed by atoms with E-state index in [0.29, 0.717) is 18.4 Å². The summed E-state index contributed by atoms with van der Waals surface area (Å²) in [6, 6.07) is -0.364. The third-order valence-electron chi connectivity index (χ3n) is 3.63. The van der Waals surface area contributed by atoms with Crippen molar-refractivity contribution in [3.8, 4) is 0 Å². The molecule has 1 fully saturated rings. The molecule has 3 unspecified atom stereocenters. The number of rotatable bonds is 6. The first-order chi connectivity index (χ1) is 8.56. The van der Waals surface area contributed by atoms with Gasteiger partial charge in [0.2, 0.25) is 5.91 Å². The van der Waals surface area contributed by atoms with Gasteiger partial charge < -0.3 is 15.8 Å². The summed E-state index contributed by atoms with van der Waals surface area (Å²) in [5, 5.41) is 2.98. The second-order valence-electron chi connectivity index (χ2n) is 5.62.